The molecule has 0 radical (unpaired) electrons. The molecule has 2 aromatic carbocycles. The number of carbonyl (C=O) groups is 1. The van der Waals surface area contributed by atoms with Crippen molar-refractivity contribution in [2.45, 2.75) is 18.9 Å². The molecule has 3 heteroatoms. The lowest BCUT2D eigenvalue weighted by Gasteiger charge is -2.21. The van der Waals surface area contributed by atoms with Crippen LogP contribution in [0.3, 0.4) is 0 Å². The highest BCUT2D eigenvalue weighted by molar-refractivity contribution is 6.05. The van der Waals surface area contributed by atoms with Gasteiger partial charge in [0.25, 0.3) is 5.91 Å². The Hall–Kier alpha value is -2.13. The van der Waals surface area contributed by atoms with Crippen LogP contribution in [0.4, 0.5) is 5.69 Å². The molecule has 2 N–H and O–H groups in total. The van der Waals surface area contributed by atoms with Crippen molar-refractivity contribution in [3.8, 4) is 0 Å². The maximum absolute atomic E-state index is 12.1. The molecule has 1 amide bonds. The van der Waals surface area contributed by atoms with Gasteiger partial charge in [-0.15, -0.1) is 0 Å². The molecule has 19 heavy (non-hydrogen) atoms. The van der Waals surface area contributed by atoms with Crippen LogP contribution < -0.4 is 5.32 Å². The van der Waals surface area contributed by atoms with Crippen LogP contribution >= 0.6 is 0 Å². The smallest absolute Gasteiger partial charge is 0.261 e. The number of carbonyl (C=O) groups excluding carboxylic acids is 1. The largest absolute Gasteiger partial charge is 0.375 e. The van der Waals surface area contributed by atoms with Crippen LogP contribution in [-0.4, -0.2) is 11.0 Å². The summed E-state index contributed by atoms with van der Waals surface area (Å²) in [5.41, 5.74) is 1.94. The maximum Gasteiger partial charge on any atom is 0.261 e. The number of para-hydroxylation sites is 1. The predicted octanol–water partition coefficient (Wildman–Crippen LogP) is 2.38. The first kappa shape index (κ1) is 11.9. The van der Waals surface area contributed by atoms with Crippen molar-refractivity contribution in [2.24, 2.45) is 0 Å². The average Bonchev–Trinajstić information content (AvgIpc) is 2.65. The molecular formula is C16H15NO2. The lowest BCUT2D eigenvalue weighted by atomic mass is 9.87. The monoisotopic (exact) mass is 253 g/mol. The summed E-state index contributed by atoms with van der Waals surface area (Å²) in [5.74, 6) is -0.350. The molecule has 0 saturated carbocycles. The normalized spacial score (nSPS) is 21.1. The number of nitrogens with one attached hydrogen (secondary N) is 1. The van der Waals surface area contributed by atoms with Gasteiger partial charge < -0.3 is 10.4 Å². The summed E-state index contributed by atoms with van der Waals surface area (Å²) >= 11 is 0. The third kappa shape index (κ3) is 1.83. The first-order chi connectivity index (χ1) is 9.11. The topological polar surface area (TPSA) is 49.3 Å². The summed E-state index contributed by atoms with van der Waals surface area (Å²) in [6, 6.07) is 15.1. The molecule has 0 bridgehead atoms. The zero-order valence-corrected chi connectivity index (χ0v) is 10.7. The van der Waals surface area contributed by atoms with E-state index in [4.69, 9.17) is 0 Å². The minimum Gasteiger partial charge on any atom is -0.375 e. The van der Waals surface area contributed by atoms with Gasteiger partial charge in [0, 0.05) is 17.7 Å². The standard InChI is InChI=1S/C16H15NO2/c1-11-6-2-3-7-12(11)10-16(19)13-8-4-5-9-14(13)17-15(16)18/h2-9,19H,10H2,1H3,(H,17,18). The van der Waals surface area contributed by atoms with Gasteiger partial charge >= 0.3 is 0 Å². The van der Waals surface area contributed by atoms with E-state index >= 15 is 0 Å². The van der Waals surface area contributed by atoms with Crippen molar-refractivity contribution in [3.63, 3.8) is 0 Å². The number of hydrogen-bond acceptors (Lipinski definition) is 2. The van der Waals surface area contributed by atoms with E-state index in [0.717, 1.165) is 11.1 Å². The van der Waals surface area contributed by atoms with Gasteiger partial charge in [0.15, 0.2) is 5.60 Å². The fraction of sp³-hybridized carbons (Fsp3) is 0.188. The number of benzene rings is 2. The van der Waals surface area contributed by atoms with Gasteiger partial charge in [-0.3, -0.25) is 4.79 Å². The Morgan fingerprint density at radius 2 is 1.79 bits per heavy atom. The molecule has 1 aliphatic heterocycles. The molecule has 0 saturated heterocycles. The molecule has 0 fully saturated rings. The van der Waals surface area contributed by atoms with Gasteiger partial charge in [0.05, 0.1) is 0 Å². The van der Waals surface area contributed by atoms with Gasteiger partial charge in [-0.05, 0) is 24.1 Å². The van der Waals surface area contributed by atoms with Gasteiger partial charge in [-0.2, -0.15) is 0 Å². The number of fused-ring (bicyclic) bond motifs is 1. The first-order valence-electron chi connectivity index (χ1n) is 6.29. The summed E-state index contributed by atoms with van der Waals surface area (Å²) in [5, 5.41) is 13.5. The minimum absolute atomic E-state index is 0.294. The zero-order valence-electron chi connectivity index (χ0n) is 10.7. The molecule has 3 nitrogen and oxygen atoms in total. The summed E-state index contributed by atoms with van der Waals surface area (Å²) < 4.78 is 0. The van der Waals surface area contributed by atoms with E-state index in [2.05, 4.69) is 5.32 Å². The van der Waals surface area contributed by atoms with E-state index in [1.54, 1.807) is 6.07 Å². The number of anilines is 1. The second-order valence-corrected chi connectivity index (χ2v) is 4.96. The maximum atomic E-state index is 12.1. The molecule has 0 spiro atoms. The molecule has 1 unspecified atom stereocenters. The Morgan fingerprint density at radius 3 is 2.58 bits per heavy atom. The molecule has 2 aromatic rings. The molecule has 1 aliphatic rings. The second kappa shape index (κ2) is 4.21. The number of hydrogen-bond donors (Lipinski definition) is 2. The van der Waals surface area contributed by atoms with Crippen molar-refractivity contribution in [1.29, 1.82) is 0 Å². The van der Waals surface area contributed by atoms with Crippen molar-refractivity contribution in [3.05, 3.63) is 65.2 Å². The van der Waals surface area contributed by atoms with Crippen LogP contribution in [0, 0.1) is 6.92 Å². The molecular weight excluding hydrogens is 238 g/mol. The third-order valence-corrected chi connectivity index (χ3v) is 3.70. The second-order valence-electron chi connectivity index (χ2n) is 4.96. The summed E-state index contributed by atoms with van der Waals surface area (Å²) in [4.78, 5) is 12.1. The Kier molecular flexibility index (Phi) is 2.64. The molecule has 1 atom stereocenters. The molecule has 1 heterocycles. The van der Waals surface area contributed by atoms with Crippen LogP contribution in [0.5, 0.6) is 0 Å². The van der Waals surface area contributed by atoms with Crippen LogP contribution in [0.2, 0.25) is 0 Å². The highest BCUT2D eigenvalue weighted by atomic mass is 16.3. The van der Waals surface area contributed by atoms with E-state index in [1.807, 2.05) is 49.4 Å². The SMILES string of the molecule is Cc1ccccc1CC1(O)C(=O)Nc2ccccc21. The van der Waals surface area contributed by atoms with E-state index in [-0.39, 0.29) is 5.91 Å². The predicted molar refractivity (Wildman–Crippen MR) is 73.9 cm³/mol. The van der Waals surface area contributed by atoms with E-state index in [1.165, 1.54) is 0 Å². The minimum atomic E-state index is -1.47. The fourth-order valence-corrected chi connectivity index (χ4v) is 2.56. The highest BCUT2D eigenvalue weighted by Crippen LogP contribution is 2.38. The summed E-state index contributed by atoms with van der Waals surface area (Å²) in [7, 11) is 0. The van der Waals surface area contributed by atoms with E-state index in [9.17, 15) is 9.90 Å². The molecule has 0 aromatic heterocycles. The fourth-order valence-electron chi connectivity index (χ4n) is 2.56. The Bertz CT molecular complexity index is 651. The number of aryl methyl sites for hydroxylation is 1. The molecule has 96 valence electrons. The van der Waals surface area contributed by atoms with Crippen LogP contribution in [0.1, 0.15) is 16.7 Å². The van der Waals surface area contributed by atoms with Crippen LogP contribution in [0.25, 0.3) is 0 Å². The van der Waals surface area contributed by atoms with Crippen LogP contribution in [0.15, 0.2) is 48.5 Å². The summed E-state index contributed by atoms with van der Waals surface area (Å²) in [6.45, 7) is 1.98. The van der Waals surface area contributed by atoms with E-state index < -0.39 is 5.60 Å². The average molecular weight is 253 g/mol. The van der Waals surface area contributed by atoms with Crippen LogP contribution in [-0.2, 0) is 16.8 Å². The van der Waals surface area contributed by atoms with E-state index in [0.29, 0.717) is 17.7 Å². The van der Waals surface area contributed by atoms with Gasteiger partial charge in [0.1, 0.15) is 0 Å². The molecule has 3 rings (SSSR count). The zero-order chi connectivity index (χ0) is 13.5. The Labute approximate surface area is 111 Å². The van der Waals surface area contributed by atoms with Crippen molar-refractivity contribution < 1.29 is 9.90 Å². The Morgan fingerprint density at radius 1 is 1.11 bits per heavy atom. The van der Waals surface area contributed by atoms with Gasteiger partial charge in [-0.25, -0.2) is 0 Å². The molecule has 0 aliphatic carbocycles. The lowest BCUT2D eigenvalue weighted by Crippen LogP contribution is -2.36. The summed E-state index contributed by atoms with van der Waals surface area (Å²) in [6.07, 6.45) is 0.294. The number of rotatable bonds is 2. The van der Waals surface area contributed by atoms with Gasteiger partial charge in [-0.1, -0.05) is 42.5 Å². The van der Waals surface area contributed by atoms with Crippen molar-refractivity contribution >= 4 is 11.6 Å². The lowest BCUT2D eigenvalue weighted by molar-refractivity contribution is -0.133. The van der Waals surface area contributed by atoms with Crippen molar-refractivity contribution in [2.75, 3.05) is 5.32 Å². The Balaban J connectivity index is 2.04. The quantitative estimate of drug-likeness (QED) is 0.863. The van der Waals surface area contributed by atoms with Crippen molar-refractivity contribution in [1.82, 2.24) is 0 Å². The third-order valence-electron chi connectivity index (χ3n) is 3.70. The first-order valence-corrected chi connectivity index (χ1v) is 6.29. The number of amides is 1. The van der Waals surface area contributed by atoms with Gasteiger partial charge in [0.2, 0.25) is 0 Å². The number of aliphatic hydroxyl groups is 1. The highest BCUT2D eigenvalue weighted by Gasteiger charge is 2.45.